The van der Waals surface area contributed by atoms with E-state index in [1.165, 1.54) is 12.1 Å². The van der Waals surface area contributed by atoms with Gasteiger partial charge in [-0.25, -0.2) is 0 Å². The first kappa shape index (κ1) is 16.4. The lowest BCUT2D eigenvalue weighted by Gasteiger charge is -2.13. The molecule has 4 heteroatoms. The molecule has 0 N–H and O–H groups in total. The van der Waals surface area contributed by atoms with Crippen LogP contribution in [-0.2, 0) is 13.0 Å². The lowest BCUT2D eigenvalue weighted by atomic mass is 10.2. The van der Waals surface area contributed by atoms with Crippen molar-refractivity contribution in [1.29, 1.82) is 0 Å². The molecule has 0 unspecified atom stereocenters. The minimum absolute atomic E-state index is 0.655. The molecule has 0 amide bonds. The zero-order chi connectivity index (χ0) is 15.8. The van der Waals surface area contributed by atoms with E-state index < -0.39 is 0 Å². The van der Waals surface area contributed by atoms with Crippen LogP contribution in [0, 0.1) is 0 Å². The molecular weight excluding hydrogens is 276 g/mol. The number of methoxy groups -OCH3 is 1. The van der Waals surface area contributed by atoms with Crippen LogP contribution >= 0.6 is 0 Å². The quantitative estimate of drug-likeness (QED) is 0.712. The molecule has 1 aromatic heterocycles. The Bertz CT molecular complexity index is 564. The molecule has 0 radical (unpaired) electrons. The van der Waals surface area contributed by atoms with Crippen LogP contribution in [-0.4, -0.2) is 43.8 Å². The number of nitrogens with zero attached hydrogens (tertiary/aromatic N) is 2. The molecule has 0 saturated heterocycles. The number of hydrogen-bond donors (Lipinski definition) is 0. The number of benzene rings is 1. The van der Waals surface area contributed by atoms with Gasteiger partial charge in [0.2, 0.25) is 0 Å². The number of aromatic nitrogens is 1. The van der Waals surface area contributed by atoms with Crippen LogP contribution in [0.2, 0.25) is 0 Å². The second kappa shape index (κ2) is 8.49. The van der Waals surface area contributed by atoms with Crippen molar-refractivity contribution in [2.75, 3.05) is 34.4 Å². The fourth-order valence-corrected chi connectivity index (χ4v) is 2.42. The summed E-state index contributed by atoms with van der Waals surface area (Å²) in [5.41, 5.74) is 1.37. The topological polar surface area (TPSA) is 26.6 Å². The van der Waals surface area contributed by atoms with Gasteiger partial charge >= 0.3 is 0 Å². The molecular formula is C18H26N2O2. The smallest absolute Gasteiger partial charge is 0.123 e. The van der Waals surface area contributed by atoms with E-state index in [0.717, 1.165) is 31.0 Å². The van der Waals surface area contributed by atoms with Gasteiger partial charge in [-0.05, 0) is 57.7 Å². The van der Waals surface area contributed by atoms with Crippen molar-refractivity contribution in [2.45, 2.75) is 19.4 Å². The third-order valence-corrected chi connectivity index (χ3v) is 3.60. The highest BCUT2D eigenvalue weighted by Crippen LogP contribution is 2.18. The average Bonchev–Trinajstić information content (AvgIpc) is 2.95. The molecule has 0 saturated carbocycles. The Morgan fingerprint density at radius 3 is 2.68 bits per heavy atom. The summed E-state index contributed by atoms with van der Waals surface area (Å²) >= 11 is 0. The molecule has 0 aliphatic rings. The zero-order valence-electron chi connectivity index (χ0n) is 13.8. The van der Waals surface area contributed by atoms with E-state index >= 15 is 0 Å². The van der Waals surface area contributed by atoms with Crippen LogP contribution in [0.3, 0.4) is 0 Å². The number of aryl methyl sites for hydroxylation is 1. The lowest BCUT2D eigenvalue weighted by molar-refractivity contribution is 0.294. The minimum Gasteiger partial charge on any atom is -0.497 e. The Morgan fingerprint density at radius 2 is 1.91 bits per heavy atom. The molecule has 0 aliphatic heterocycles. The van der Waals surface area contributed by atoms with Crippen LogP contribution in [0.1, 0.15) is 12.1 Å². The van der Waals surface area contributed by atoms with E-state index in [-0.39, 0.29) is 0 Å². The maximum Gasteiger partial charge on any atom is 0.123 e. The summed E-state index contributed by atoms with van der Waals surface area (Å²) in [5, 5.41) is 0. The van der Waals surface area contributed by atoms with Gasteiger partial charge in [0, 0.05) is 18.0 Å². The van der Waals surface area contributed by atoms with Crippen molar-refractivity contribution in [1.82, 2.24) is 9.47 Å². The number of ether oxygens (including phenoxy) is 2. The van der Waals surface area contributed by atoms with Crippen LogP contribution in [0.15, 0.2) is 42.6 Å². The molecule has 2 aromatic rings. The van der Waals surface area contributed by atoms with Crippen LogP contribution in [0.4, 0.5) is 0 Å². The first-order valence-corrected chi connectivity index (χ1v) is 7.74. The van der Waals surface area contributed by atoms with Crippen LogP contribution in [0.25, 0.3) is 0 Å². The van der Waals surface area contributed by atoms with E-state index in [1.807, 2.05) is 24.3 Å². The van der Waals surface area contributed by atoms with Crippen molar-refractivity contribution in [3.63, 3.8) is 0 Å². The Kier molecular flexibility index (Phi) is 6.34. The predicted octanol–water partition coefficient (Wildman–Crippen LogP) is 3.07. The van der Waals surface area contributed by atoms with E-state index in [4.69, 9.17) is 9.47 Å². The predicted molar refractivity (Wildman–Crippen MR) is 89.8 cm³/mol. The second-order valence-corrected chi connectivity index (χ2v) is 5.63. The molecule has 0 aliphatic carbocycles. The molecule has 0 atom stereocenters. The monoisotopic (exact) mass is 302 g/mol. The Hall–Kier alpha value is -1.94. The lowest BCUT2D eigenvalue weighted by Crippen LogP contribution is -2.15. The number of rotatable bonds is 9. The van der Waals surface area contributed by atoms with Gasteiger partial charge in [-0.3, -0.25) is 0 Å². The molecule has 0 fully saturated rings. The number of hydrogen-bond acceptors (Lipinski definition) is 3. The van der Waals surface area contributed by atoms with Gasteiger partial charge in [0.25, 0.3) is 0 Å². The Labute approximate surface area is 133 Å². The van der Waals surface area contributed by atoms with Gasteiger partial charge in [0.15, 0.2) is 0 Å². The van der Waals surface area contributed by atoms with Gasteiger partial charge in [-0.15, -0.1) is 0 Å². The van der Waals surface area contributed by atoms with Gasteiger partial charge < -0.3 is 18.9 Å². The molecule has 2 rings (SSSR count). The molecule has 1 aromatic carbocycles. The van der Waals surface area contributed by atoms with E-state index in [1.54, 1.807) is 7.11 Å². The first-order valence-electron chi connectivity index (χ1n) is 7.74. The summed E-state index contributed by atoms with van der Waals surface area (Å²) in [6, 6.07) is 12.0. The average molecular weight is 302 g/mol. The highest BCUT2D eigenvalue weighted by Gasteiger charge is 2.02. The standard InChI is InChI=1S/C18H26N2O2/c1-19(2)11-5-7-16-8-6-12-20(16)13-14-22-18-10-4-9-17(15-18)21-3/h4,6,8-10,12,15H,5,7,11,13-14H2,1-3H3. The molecule has 22 heavy (non-hydrogen) atoms. The largest absolute Gasteiger partial charge is 0.497 e. The van der Waals surface area contributed by atoms with E-state index in [9.17, 15) is 0 Å². The van der Waals surface area contributed by atoms with Crippen molar-refractivity contribution in [2.24, 2.45) is 0 Å². The van der Waals surface area contributed by atoms with Crippen molar-refractivity contribution < 1.29 is 9.47 Å². The van der Waals surface area contributed by atoms with Crippen molar-refractivity contribution in [3.05, 3.63) is 48.3 Å². The summed E-state index contributed by atoms with van der Waals surface area (Å²) in [4.78, 5) is 2.22. The highest BCUT2D eigenvalue weighted by atomic mass is 16.5. The van der Waals surface area contributed by atoms with E-state index in [2.05, 4.69) is 41.9 Å². The Balaban J connectivity index is 1.80. The van der Waals surface area contributed by atoms with Gasteiger partial charge in [0.1, 0.15) is 18.1 Å². The zero-order valence-corrected chi connectivity index (χ0v) is 13.8. The maximum absolute atomic E-state index is 5.81. The van der Waals surface area contributed by atoms with E-state index in [0.29, 0.717) is 6.61 Å². The molecule has 0 spiro atoms. The van der Waals surface area contributed by atoms with Crippen molar-refractivity contribution >= 4 is 0 Å². The summed E-state index contributed by atoms with van der Waals surface area (Å²) in [5.74, 6) is 1.67. The highest BCUT2D eigenvalue weighted by molar-refractivity contribution is 5.32. The summed E-state index contributed by atoms with van der Waals surface area (Å²) in [6.45, 7) is 2.63. The molecule has 4 nitrogen and oxygen atoms in total. The summed E-state index contributed by atoms with van der Waals surface area (Å²) in [7, 11) is 5.89. The molecule has 0 bridgehead atoms. The SMILES string of the molecule is COc1cccc(OCCn2cccc2CCCN(C)C)c1. The molecule has 120 valence electrons. The van der Waals surface area contributed by atoms with Crippen LogP contribution in [0.5, 0.6) is 11.5 Å². The van der Waals surface area contributed by atoms with Gasteiger partial charge in [0.05, 0.1) is 13.7 Å². The summed E-state index contributed by atoms with van der Waals surface area (Å²) in [6.07, 6.45) is 4.40. The van der Waals surface area contributed by atoms with Gasteiger partial charge in [-0.1, -0.05) is 6.07 Å². The van der Waals surface area contributed by atoms with Gasteiger partial charge in [-0.2, -0.15) is 0 Å². The Morgan fingerprint density at radius 1 is 1.09 bits per heavy atom. The maximum atomic E-state index is 5.81. The van der Waals surface area contributed by atoms with Crippen LogP contribution < -0.4 is 9.47 Å². The summed E-state index contributed by atoms with van der Waals surface area (Å²) < 4.78 is 13.3. The first-order chi connectivity index (χ1) is 10.7. The third kappa shape index (κ3) is 5.11. The molecule has 1 heterocycles. The van der Waals surface area contributed by atoms with Crippen molar-refractivity contribution in [3.8, 4) is 11.5 Å². The normalized spacial score (nSPS) is 10.9. The second-order valence-electron chi connectivity index (χ2n) is 5.63. The fourth-order valence-electron chi connectivity index (χ4n) is 2.42. The third-order valence-electron chi connectivity index (χ3n) is 3.60. The fraction of sp³-hybridized carbons (Fsp3) is 0.444. The minimum atomic E-state index is 0.655.